The number of likely N-dealkylation sites (N-methyl/N-ethyl adjacent to an activating group) is 1. The van der Waals surface area contributed by atoms with Gasteiger partial charge in [0.1, 0.15) is 12.4 Å². The first-order valence-electron chi connectivity index (χ1n) is 8.25. The molecule has 0 radical (unpaired) electrons. The average Bonchev–Trinajstić information content (AvgIpc) is 3.08. The molecule has 10 heteroatoms. The summed E-state index contributed by atoms with van der Waals surface area (Å²) in [5.74, 6) is 0.574. The molecule has 2 heterocycles. The van der Waals surface area contributed by atoms with E-state index in [-0.39, 0.29) is 12.5 Å². The van der Waals surface area contributed by atoms with E-state index >= 15 is 0 Å². The first-order chi connectivity index (χ1) is 12.9. The monoisotopic (exact) mass is 389 g/mol. The number of nitrogens with one attached hydrogen (secondary N) is 2. The van der Waals surface area contributed by atoms with Crippen molar-refractivity contribution in [3.63, 3.8) is 0 Å². The number of nitrogens with two attached hydrogens (primary N) is 1. The standard InChI is InChI=1S/C17H20ClN7O2/c1-25(2)6-5-20-17(26)10-3-4-11(12(18)7-10)9-27-13-8-14(19)21-16-15(13)22-24-23-16/h3-4,7-8H,5-6,9H2,1-2H3,(H,20,26)(H3,19,21,22,23,24). The zero-order valence-electron chi connectivity index (χ0n) is 15.0. The molecule has 0 unspecified atom stereocenters. The zero-order valence-corrected chi connectivity index (χ0v) is 15.7. The van der Waals surface area contributed by atoms with Gasteiger partial charge in [-0.1, -0.05) is 22.9 Å². The number of pyridine rings is 1. The molecule has 0 fully saturated rings. The van der Waals surface area contributed by atoms with E-state index in [9.17, 15) is 4.79 Å². The van der Waals surface area contributed by atoms with Gasteiger partial charge in [0.2, 0.25) is 0 Å². The van der Waals surface area contributed by atoms with Crippen molar-refractivity contribution in [3.05, 3.63) is 40.4 Å². The first kappa shape index (κ1) is 18.9. The molecule has 9 nitrogen and oxygen atoms in total. The number of nitrogen functional groups attached to an aromatic ring is 1. The molecule has 0 saturated heterocycles. The highest BCUT2D eigenvalue weighted by molar-refractivity contribution is 6.31. The maximum Gasteiger partial charge on any atom is 0.251 e. The normalized spacial score (nSPS) is 11.1. The molecule has 0 bridgehead atoms. The number of amides is 1. The van der Waals surface area contributed by atoms with E-state index in [1.807, 2.05) is 19.0 Å². The van der Waals surface area contributed by atoms with E-state index in [0.717, 1.165) is 12.1 Å². The van der Waals surface area contributed by atoms with Gasteiger partial charge in [-0.05, 0) is 26.2 Å². The molecular weight excluding hydrogens is 370 g/mol. The number of benzene rings is 1. The van der Waals surface area contributed by atoms with Crippen molar-refractivity contribution in [2.24, 2.45) is 0 Å². The lowest BCUT2D eigenvalue weighted by Crippen LogP contribution is -2.31. The number of ether oxygens (including phenoxy) is 1. The number of hydrogen-bond acceptors (Lipinski definition) is 7. The molecule has 0 atom stereocenters. The Morgan fingerprint density at radius 1 is 1.37 bits per heavy atom. The van der Waals surface area contributed by atoms with E-state index in [1.165, 1.54) is 0 Å². The van der Waals surface area contributed by atoms with Crippen LogP contribution in [0, 0.1) is 0 Å². The smallest absolute Gasteiger partial charge is 0.251 e. The zero-order chi connectivity index (χ0) is 19.4. The molecule has 0 spiro atoms. The summed E-state index contributed by atoms with van der Waals surface area (Å²) in [7, 11) is 3.89. The van der Waals surface area contributed by atoms with E-state index in [4.69, 9.17) is 22.1 Å². The maximum atomic E-state index is 12.2. The number of aromatic nitrogens is 4. The van der Waals surface area contributed by atoms with Gasteiger partial charge in [-0.15, -0.1) is 5.10 Å². The van der Waals surface area contributed by atoms with Crippen LogP contribution in [0.4, 0.5) is 5.82 Å². The van der Waals surface area contributed by atoms with Gasteiger partial charge in [0.25, 0.3) is 5.91 Å². The van der Waals surface area contributed by atoms with Gasteiger partial charge in [0, 0.05) is 35.3 Å². The molecule has 3 aromatic rings. The fraction of sp³-hybridized carbons (Fsp3) is 0.294. The maximum absolute atomic E-state index is 12.2. The third kappa shape index (κ3) is 4.63. The molecule has 2 aromatic heterocycles. The Morgan fingerprint density at radius 3 is 2.93 bits per heavy atom. The molecule has 0 aliphatic heterocycles. The number of H-pyrrole nitrogens is 1. The second-order valence-corrected chi connectivity index (χ2v) is 6.62. The van der Waals surface area contributed by atoms with Crippen molar-refractivity contribution in [2.75, 3.05) is 32.9 Å². The van der Waals surface area contributed by atoms with E-state index in [2.05, 4.69) is 25.7 Å². The predicted molar refractivity (Wildman–Crippen MR) is 103 cm³/mol. The summed E-state index contributed by atoms with van der Waals surface area (Å²) in [6.07, 6.45) is 0. The second-order valence-electron chi connectivity index (χ2n) is 6.21. The summed E-state index contributed by atoms with van der Waals surface area (Å²) < 4.78 is 5.78. The van der Waals surface area contributed by atoms with Gasteiger partial charge < -0.3 is 20.7 Å². The van der Waals surface area contributed by atoms with Crippen molar-refractivity contribution in [1.82, 2.24) is 30.6 Å². The summed E-state index contributed by atoms with van der Waals surface area (Å²) in [5, 5.41) is 13.6. The number of rotatable bonds is 7. The van der Waals surface area contributed by atoms with Gasteiger partial charge in [-0.2, -0.15) is 0 Å². The highest BCUT2D eigenvalue weighted by Gasteiger charge is 2.12. The summed E-state index contributed by atoms with van der Waals surface area (Å²) >= 11 is 6.31. The quantitative estimate of drug-likeness (QED) is 0.559. The average molecular weight is 390 g/mol. The lowest BCUT2D eigenvalue weighted by atomic mass is 10.1. The lowest BCUT2D eigenvalue weighted by Gasteiger charge is -2.12. The number of nitrogens with zero attached hydrogens (tertiary/aromatic N) is 4. The third-order valence-corrected chi connectivity index (χ3v) is 4.18. The van der Waals surface area contributed by atoms with Gasteiger partial charge in [0.05, 0.1) is 0 Å². The van der Waals surface area contributed by atoms with E-state index in [1.54, 1.807) is 24.3 Å². The van der Waals surface area contributed by atoms with Crippen LogP contribution in [0.3, 0.4) is 0 Å². The molecule has 27 heavy (non-hydrogen) atoms. The fourth-order valence-electron chi connectivity index (χ4n) is 2.40. The number of aromatic amines is 1. The van der Waals surface area contributed by atoms with Gasteiger partial charge in [-0.25, -0.2) is 10.1 Å². The highest BCUT2D eigenvalue weighted by Crippen LogP contribution is 2.25. The van der Waals surface area contributed by atoms with Crippen LogP contribution in [-0.4, -0.2) is 58.4 Å². The van der Waals surface area contributed by atoms with Crippen LogP contribution in [0.15, 0.2) is 24.3 Å². The van der Waals surface area contributed by atoms with Crippen LogP contribution in [0.2, 0.25) is 5.02 Å². The van der Waals surface area contributed by atoms with Crippen molar-refractivity contribution < 1.29 is 9.53 Å². The van der Waals surface area contributed by atoms with Gasteiger partial charge >= 0.3 is 0 Å². The molecule has 0 saturated carbocycles. The highest BCUT2D eigenvalue weighted by atomic mass is 35.5. The van der Waals surface area contributed by atoms with Crippen molar-refractivity contribution in [3.8, 4) is 5.75 Å². The van der Waals surface area contributed by atoms with E-state index < -0.39 is 0 Å². The minimum Gasteiger partial charge on any atom is -0.486 e. The van der Waals surface area contributed by atoms with Crippen LogP contribution >= 0.6 is 11.6 Å². The Labute approximate surface area is 160 Å². The third-order valence-electron chi connectivity index (χ3n) is 3.83. The number of hydrogen-bond donors (Lipinski definition) is 3. The molecule has 3 rings (SSSR count). The van der Waals surface area contributed by atoms with E-state index in [0.29, 0.717) is 39.9 Å². The molecule has 4 N–H and O–H groups in total. The van der Waals surface area contributed by atoms with Crippen LogP contribution in [-0.2, 0) is 6.61 Å². The first-order valence-corrected chi connectivity index (χ1v) is 8.63. The summed E-state index contributed by atoms with van der Waals surface area (Å²) in [4.78, 5) is 18.2. The Kier molecular flexibility index (Phi) is 5.72. The van der Waals surface area contributed by atoms with Crippen LogP contribution < -0.4 is 15.8 Å². The molecule has 1 amide bonds. The fourth-order valence-corrected chi connectivity index (χ4v) is 2.63. The summed E-state index contributed by atoms with van der Waals surface area (Å²) in [5.41, 5.74) is 7.91. The van der Waals surface area contributed by atoms with Crippen molar-refractivity contribution in [2.45, 2.75) is 6.61 Å². The largest absolute Gasteiger partial charge is 0.486 e. The lowest BCUT2D eigenvalue weighted by molar-refractivity contribution is 0.0951. The predicted octanol–water partition coefficient (Wildman–Crippen LogP) is 1.46. The van der Waals surface area contributed by atoms with Crippen LogP contribution in [0.1, 0.15) is 15.9 Å². The number of carbonyl (C=O) groups is 1. The molecule has 0 aliphatic rings. The minimum atomic E-state index is -0.169. The van der Waals surface area contributed by atoms with Crippen molar-refractivity contribution >= 4 is 34.5 Å². The number of carbonyl (C=O) groups excluding carboxylic acids is 1. The number of anilines is 1. The van der Waals surface area contributed by atoms with Gasteiger partial charge in [0.15, 0.2) is 16.9 Å². The summed E-state index contributed by atoms with van der Waals surface area (Å²) in [6, 6.07) is 6.67. The molecular formula is C17H20ClN7O2. The Bertz CT molecular complexity index is 958. The number of halogens is 1. The number of fused-ring (bicyclic) bond motifs is 1. The molecule has 142 valence electrons. The van der Waals surface area contributed by atoms with Crippen LogP contribution in [0.5, 0.6) is 5.75 Å². The van der Waals surface area contributed by atoms with Crippen LogP contribution in [0.25, 0.3) is 11.2 Å². The van der Waals surface area contributed by atoms with Crippen molar-refractivity contribution in [1.29, 1.82) is 0 Å². The van der Waals surface area contributed by atoms with Gasteiger partial charge in [-0.3, -0.25) is 4.79 Å². The Hall–Kier alpha value is -2.91. The molecule has 1 aromatic carbocycles. The molecule has 0 aliphatic carbocycles. The summed E-state index contributed by atoms with van der Waals surface area (Å²) in [6.45, 7) is 1.51. The topological polar surface area (TPSA) is 122 Å². The Balaban J connectivity index is 1.67. The Morgan fingerprint density at radius 2 is 2.19 bits per heavy atom. The second kappa shape index (κ2) is 8.19. The SMILES string of the molecule is CN(C)CCNC(=O)c1ccc(COc2cc(N)nc3[nH]nnc23)c(Cl)c1. The minimum absolute atomic E-state index is 0.169.